The summed E-state index contributed by atoms with van der Waals surface area (Å²) in [5.74, 6) is 0. The van der Waals surface area contributed by atoms with E-state index in [1.807, 2.05) is 26.0 Å². The maximum atomic E-state index is 12.3. The predicted octanol–water partition coefficient (Wildman–Crippen LogP) is 1.85. The minimum absolute atomic E-state index is 0.286. The lowest BCUT2D eigenvalue weighted by molar-refractivity contribution is 0.582. The fraction of sp³-hybridized carbons (Fsp3) is 0.385. The van der Waals surface area contributed by atoms with Crippen LogP contribution >= 0.6 is 11.3 Å². The standard InChI is InChI=1S/C13H18N4O2S2/c1-9-4-5-10(2)12(8-9)21(18,19)15-7-6-14-13-17-16-11(3)20-13/h4-5,8,15H,6-7H2,1-3H3,(H,14,17). The number of sulfonamides is 1. The molecule has 0 fully saturated rings. The molecule has 2 N–H and O–H groups in total. The first-order valence-corrected chi connectivity index (χ1v) is 8.79. The molecule has 0 aliphatic rings. The van der Waals surface area contributed by atoms with Gasteiger partial charge in [0.2, 0.25) is 15.2 Å². The summed E-state index contributed by atoms with van der Waals surface area (Å²) in [6.07, 6.45) is 0. The van der Waals surface area contributed by atoms with E-state index in [4.69, 9.17) is 0 Å². The molecule has 0 saturated carbocycles. The number of rotatable bonds is 6. The second-order valence-corrected chi connectivity index (χ2v) is 7.64. The van der Waals surface area contributed by atoms with Crippen LogP contribution in [-0.4, -0.2) is 31.7 Å². The Hall–Kier alpha value is -1.51. The molecule has 0 saturated heterocycles. The van der Waals surface area contributed by atoms with Gasteiger partial charge in [0.15, 0.2) is 0 Å². The molecule has 21 heavy (non-hydrogen) atoms. The molecule has 0 bridgehead atoms. The third kappa shape index (κ3) is 4.23. The molecule has 0 amide bonds. The zero-order chi connectivity index (χ0) is 15.5. The fourth-order valence-corrected chi connectivity index (χ4v) is 3.77. The summed E-state index contributed by atoms with van der Waals surface area (Å²) in [6.45, 7) is 6.27. The summed E-state index contributed by atoms with van der Waals surface area (Å²) >= 11 is 1.44. The van der Waals surface area contributed by atoms with Crippen molar-refractivity contribution < 1.29 is 8.42 Å². The van der Waals surface area contributed by atoms with Crippen LogP contribution in [0.2, 0.25) is 0 Å². The number of nitrogens with one attached hydrogen (secondary N) is 2. The summed E-state index contributed by atoms with van der Waals surface area (Å²) in [4.78, 5) is 0.328. The smallest absolute Gasteiger partial charge is 0.240 e. The summed E-state index contributed by atoms with van der Waals surface area (Å²) in [6, 6.07) is 5.39. The van der Waals surface area contributed by atoms with Gasteiger partial charge >= 0.3 is 0 Å². The maximum Gasteiger partial charge on any atom is 0.240 e. The number of benzene rings is 1. The topological polar surface area (TPSA) is 84.0 Å². The molecule has 0 unspecified atom stereocenters. The van der Waals surface area contributed by atoms with Crippen molar-refractivity contribution in [2.75, 3.05) is 18.4 Å². The van der Waals surface area contributed by atoms with Crippen LogP contribution in [0, 0.1) is 20.8 Å². The number of nitrogens with zero attached hydrogens (tertiary/aromatic N) is 2. The van der Waals surface area contributed by atoms with E-state index in [9.17, 15) is 8.42 Å². The van der Waals surface area contributed by atoms with Gasteiger partial charge in [0, 0.05) is 13.1 Å². The van der Waals surface area contributed by atoms with E-state index >= 15 is 0 Å². The van der Waals surface area contributed by atoms with Crippen molar-refractivity contribution in [2.45, 2.75) is 25.7 Å². The quantitative estimate of drug-likeness (QED) is 0.792. The molecular weight excluding hydrogens is 308 g/mol. The highest BCUT2D eigenvalue weighted by atomic mass is 32.2. The molecule has 6 nitrogen and oxygen atoms in total. The lowest BCUT2D eigenvalue weighted by Crippen LogP contribution is -2.29. The van der Waals surface area contributed by atoms with Crippen molar-refractivity contribution in [3.8, 4) is 0 Å². The van der Waals surface area contributed by atoms with Crippen LogP contribution < -0.4 is 10.0 Å². The minimum Gasteiger partial charge on any atom is -0.359 e. The van der Waals surface area contributed by atoms with Crippen molar-refractivity contribution in [1.29, 1.82) is 0 Å². The molecule has 0 radical (unpaired) electrons. The summed E-state index contributed by atoms with van der Waals surface area (Å²) in [7, 11) is -3.49. The number of anilines is 1. The Morgan fingerprint density at radius 1 is 1.14 bits per heavy atom. The highest BCUT2D eigenvalue weighted by Gasteiger charge is 2.16. The van der Waals surface area contributed by atoms with Crippen molar-refractivity contribution in [3.63, 3.8) is 0 Å². The first kappa shape index (κ1) is 15.9. The third-order valence-corrected chi connectivity index (χ3v) is 5.25. The van der Waals surface area contributed by atoms with Gasteiger partial charge in [-0.2, -0.15) is 0 Å². The molecule has 1 aromatic heterocycles. The van der Waals surface area contributed by atoms with Crippen LogP contribution in [0.1, 0.15) is 16.1 Å². The first-order valence-electron chi connectivity index (χ1n) is 6.49. The second kappa shape index (κ2) is 6.50. The van der Waals surface area contributed by atoms with Gasteiger partial charge in [-0.25, -0.2) is 13.1 Å². The van der Waals surface area contributed by atoms with Crippen LogP contribution in [0.4, 0.5) is 5.13 Å². The lowest BCUT2D eigenvalue weighted by Gasteiger charge is -2.10. The molecule has 0 aliphatic carbocycles. The maximum absolute atomic E-state index is 12.3. The van der Waals surface area contributed by atoms with E-state index in [-0.39, 0.29) is 6.54 Å². The molecule has 0 aliphatic heterocycles. The van der Waals surface area contributed by atoms with E-state index in [0.29, 0.717) is 16.6 Å². The Labute approximate surface area is 128 Å². The zero-order valence-electron chi connectivity index (χ0n) is 12.2. The highest BCUT2D eigenvalue weighted by molar-refractivity contribution is 7.89. The van der Waals surface area contributed by atoms with Gasteiger partial charge in [-0.3, -0.25) is 0 Å². The van der Waals surface area contributed by atoms with Crippen LogP contribution in [0.5, 0.6) is 0 Å². The van der Waals surface area contributed by atoms with Crippen molar-refractivity contribution in [3.05, 3.63) is 34.3 Å². The van der Waals surface area contributed by atoms with Crippen molar-refractivity contribution in [2.24, 2.45) is 0 Å². The third-order valence-electron chi connectivity index (χ3n) is 2.85. The van der Waals surface area contributed by atoms with Gasteiger partial charge in [-0.15, -0.1) is 10.2 Å². The van der Waals surface area contributed by atoms with Crippen LogP contribution in [-0.2, 0) is 10.0 Å². The molecule has 1 heterocycles. The Bertz CT molecular complexity index is 726. The molecule has 114 valence electrons. The normalized spacial score (nSPS) is 11.6. The Morgan fingerprint density at radius 3 is 2.57 bits per heavy atom. The average Bonchev–Trinajstić information content (AvgIpc) is 2.83. The van der Waals surface area contributed by atoms with Gasteiger partial charge in [-0.05, 0) is 38.0 Å². The summed E-state index contributed by atoms with van der Waals surface area (Å²) in [5.41, 5.74) is 1.66. The van der Waals surface area contributed by atoms with Gasteiger partial charge < -0.3 is 5.32 Å². The van der Waals surface area contributed by atoms with E-state index in [1.54, 1.807) is 13.0 Å². The lowest BCUT2D eigenvalue weighted by atomic mass is 10.2. The van der Waals surface area contributed by atoms with E-state index in [2.05, 4.69) is 20.2 Å². The van der Waals surface area contributed by atoms with E-state index < -0.39 is 10.0 Å². The zero-order valence-corrected chi connectivity index (χ0v) is 13.8. The number of aromatic nitrogens is 2. The van der Waals surface area contributed by atoms with Crippen LogP contribution in [0.3, 0.4) is 0 Å². The van der Waals surface area contributed by atoms with Gasteiger partial charge in [0.05, 0.1) is 4.90 Å². The summed E-state index contributed by atoms with van der Waals surface area (Å²) in [5, 5.41) is 12.4. The number of aryl methyl sites for hydroxylation is 3. The molecular formula is C13H18N4O2S2. The van der Waals surface area contributed by atoms with Gasteiger partial charge in [-0.1, -0.05) is 23.5 Å². The van der Waals surface area contributed by atoms with E-state index in [0.717, 1.165) is 16.1 Å². The monoisotopic (exact) mass is 326 g/mol. The first-order chi connectivity index (χ1) is 9.88. The molecule has 0 spiro atoms. The van der Waals surface area contributed by atoms with Crippen LogP contribution in [0.15, 0.2) is 23.1 Å². The van der Waals surface area contributed by atoms with Crippen molar-refractivity contribution in [1.82, 2.24) is 14.9 Å². The van der Waals surface area contributed by atoms with Crippen LogP contribution in [0.25, 0.3) is 0 Å². The Kier molecular flexibility index (Phi) is 4.92. The Morgan fingerprint density at radius 2 is 1.90 bits per heavy atom. The summed E-state index contributed by atoms with van der Waals surface area (Å²) < 4.78 is 27.1. The molecule has 2 aromatic rings. The second-order valence-electron chi connectivity index (χ2n) is 4.72. The average molecular weight is 326 g/mol. The highest BCUT2D eigenvalue weighted by Crippen LogP contribution is 2.16. The van der Waals surface area contributed by atoms with E-state index in [1.165, 1.54) is 11.3 Å². The SMILES string of the molecule is Cc1ccc(C)c(S(=O)(=O)NCCNc2nnc(C)s2)c1. The molecule has 8 heteroatoms. The number of hydrogen-bond acceptors (Lipinski definition) is 6. The molecule has 2 rings (SSSR count). The largest absolute Gasteiger partial charge is 0.359 e. The Balaban J connectivity index is 1.94. The minimum atomic E-state index is -3.49. The van der Waals surface area contributed by atoms with Gasteiger partial charge in [0.25, 0.3) is 0 Å². The fourth-order valence-electron chi connectivity index (χ4n) is 1.80. The number of hydrogen-bond donors (Lipinski definition) is 2. The van der Waals surface area contributed by atoms with Crippen molar-refractivity contribution >= 4 is 26.5 Å². The molecule has 1 aromatic carbocycles. The predicted molar refractivity (Wildman–Crippen MR) is 84.2 cm³/mol. The van der Waals surface area contributed by atoms with Gasteiger partial charge in [0.1, 0.15) is 5.01 Å². The molecule has 0 atom stereocenters.